The summed E-state index contributed by atoms with van der Waals surface area (Å²) < 4.78 is 11.8. The van der Waals surface area contributed by atoms with E-state index in [1.165, 1.54) is 0 Å². The lowest BCUT2D eigenvalue weighted by Crippen LogP contribution is -2.19. The molecule has 0 spiro atoms. The third-order valence-electron chi connectivity index (χ3n) is 4.69. The Hall–Kier alpha value is -3.29. The van der Waals surface area contributed by atoms with Gasteiger partial charge in [0, 0.05) is 28.1 Å². The highest BCUT2D eigenvalue weighted by atomic mass is 32.2. The quantitative estimate of drug-likeness (QED) is 0.449. The molecule has 152 valence electrons. The van der Waals surface area contributed by atoms with Crippen LogP contribution in [-0.2, 0) is 22.7 Å². The number of nitrogens with zero attached hydrogens (tertiary/aromatic N) is 3. The van der Waals surface area contributed by atoms with Crippen LogP contribution in [0.25, 0.3) is 22.0 Å². The summed E-state index contributed by atoms with van der Waals surface area (Å²) in [6.45, 7) is 0.526. The fourth-order valence-electron chi connectivity index (χ4n) is 3.27. The lowest BCUT2D eigenvalue weighted by atomic mass is 10.0. The summed E-state index contributed by atoms with van der Waals surface area (Å²) in [5.74, 6) is 5.06. The second-order valence-corrected chi connectivity index (χ2v) is 9.20. The first kappa shape index (κ1) is 20.0. The molecule has 4 aromatic rings. The van der Waals surface area contributed by atoms with Crippen LogP contribution in [0.2, 0.25) is 0 Å². The van der Waals surface area contributed by atoms with Crippen LogP contribution in [0.4, 0.5) is 5.82 Å². The van der Waals surface area contributed by atoms with E-state index in [-0.39, 0.29) is 5.75 Å². The predicted octanol–water partition coefficient (Wildman–Crippen LogP) is 3.44. The van der Waals surface area contributed by atoms with Crippen LogP contribution in [0, 0.1) is 0 Å². The van der Waals surface area contributed by atoms with Crippen molar-refractivity contribution in [2.45, 2.75) is 13.0 Å². The molecule has 1 atom stereocenters. The van der Waals surface area contributed by atoms with E-state index in [0.29, 0.717) is 24.6 Å². The fraction of sp³-hybridized carbons (Fsp3) is 0.130. The molecule has 2 aromatic carbocycles. The van der Waals surface area contributed by atoms with E-state index in [9.17, 15) is 4.21 Å². The van der Waals surface area contributed by atoms with Crippen LogP contribution in [0.1, 0.15) is 11.5 Å². The van der Waals surface area contributed by atoms with Gasteiger partial charge in [0.05, 0.1) is 23.1 Å². The molecule has 0 saturated carbocycles. The van der Waals surface area contributed by atoms with Gasteiger partial charge in [0.1, 0.15) is 11.6 Å². The zero-order valence-electron chi connectivity index (χ0n) is 16.5. The second-order valence-electron chi connectivity index (χ2n) is 7.05. The summed E-state index contributed by atoms with van der Waals surface area (Å²) in [6, 6.07) is 22.0. The van der Waals surface area contributed by atoms with Gasteiger partial charge in [0.2, 0.25) is 0 Å². The number of fused-ring (bicyclic) bond motifs is 1. The van der Waals surface area contributed by atoms with Crippen molar-refractivity contribution in [2.75, 3.05) is 11.1 Å². The average Bonchev–Trinajstić information content (AvgIpc) is 2.76. The van der Waals surface area contributed by atoms with Crippen LogP contribution >= 0.6 is 0 Å². The number of rotatable bonds is 7. The smallest absolute Gasteiger partial charge is 0.138 e. The zero-order valence-corrected chi connectivity index (χ0v) is 17.3. The Morgan fingerprint density at radius 2 is 1.77 bits per heavy atom. The third-order valence-corrected chi connectivity index (χ3v) is 5.58. The first-order chi connectivity index (χ1) is 14.5. The van der Waals surface area contributed by atoms with Crippen LogP contribution < -0.4 is 10.5 Å². The van der Waals surface area contributed by atoms with E-state index in [1.54, 1.807) is 6.20 Å². The minimum Gasteiger partial charge on any atom is -0.364 e. The van der Waals surface area contributed by atoms with E-state index in [4.69, 9.17) is 15.1 Å². The number of benzene rings is 2. The monoisotopic (exact) mass is 417 g/mol. The number of anilines is 1. The lowest BCUT2D eigenvalue weighted by Gasteiger charge is -2.14. The summed E-state index contributed by atoms with van der Waals surface area (Å²) in [5.41, 5.74) is 3.86. The molecule has 3 N–H and O–H groups in total. The molecule has 2 heterocycles. The molecule has 0 fully saturated rings. The molecule has 6 nitrogen and oxygen atoms in total. The SMILES string of the molecule is C=S(N)(=O)CCc1nc(NCc2ccccn2)c2c(-c3ccccc3)cccc2n1. The van der Waals surface area contributed by atoms with Crippen LogP contribution in [0.5, 0.6) is 0 Å². The molecular weight excluding hydrogens is 394 g/mol. The Morgan fingerprint density at radius 1 is 0.967 bits per heavy atom. The first-order valence-corrected chi connectivity index (χ1v) is 11.6. The number of nitrogens with two attached hydrogens (primary N) is 1. The Labute approximate surface area is 176 Å². The molecule has 7 heteroatoms. The van der Waals surface area contributed by atoms with Gasteiger partial charge in [-0.3, -0.25) is 14.3 Å². The van der Waals surface area contributed by atoms with Gasteiger partial charge in [-0.05, 0) is 35.2 Å². The van der Waals surface area contributed by atoms with Gasteiger partial charge in [-0.2, -0.15) is 0 Å². The highest BCUT2D eigenvalue weighted by Gasteiger charge is 2.14. The predicted molar refractivity (Wildman–Crippen MR) is 125 cm³/mol. The van der Waals surface area contributed by atoms with Crippen molar-refractivity contribution in [2.24, 2.45) is 5.14 Å². The van der Waals surface area contributed by atoms with Crippen molar-refractivity contribution in [3.05, 3.63) is 84.4 Å². The molecule has 1 unspecified atom stereocenters. The van der Waals surface area contributed by atoms with E-state index in [0.717, 1.165) is 27.7 Å². The van der Waals surface area contributed by atoms with E-state index >= 15 is 0 Å². The van der Waals surface area contributed by atoms with Gasteiger partial charge in [-0.15, -0.1) is 0 Å². The molecule has 4 rings (SSSR count). The Bertz CT molecular complexity index is 1260. The summed E-state index contributed by atoms with van der Waals surface area (Å²) in [6.07, 6.45) is 2.16. The van der Waals surface area contributed by atoms with Crippen molar-refractivity contribution in [1.29, 1.82) is 0 Å². The maximum Gasteiger partial charge on any atom is 0.138 e. The van der Waals surface area contributed by atoms with Crippen LogP contribution in [0.3, 0.4) is 0 Å². The standard InChI is InChI=1S/C23H23N5OS/c1-30(24,29)15-13-21-27-20-12-7-11-19(17-8-3-2-4-9-17)22(20)23(28-21)26-16-18-10-5-6-14-25-18/h2-12,14H,1,13,15-16H2,(H2,24,29)(H,26,27,28). The molecule has 0 aliphatic heterocycles. The largest absolute Gasteiger partial charge is 0.364 e. The third kappa shape index (κ3) is 4.82. The summed E-state index contributed by atoms with van der Waals surface area (Å²) in [5, 5.41) is 9.96. The molecule has 0 aliphatic carbocycles. The molecule has 0 radical (unpaired) electrons. The van der Waals surface area contributed by atoms with E-state index in [2.05, 4.69) is 34.4 Å². The van der Waals surface area contributed by atoms with Crippen LogP contribution in [0.15, 0.2) is 72.9 Å². The van der Waals surface area contributed by atoms with Gasteiger partial charge < -0.3 is 5.32 Å². The fourth-order valence-corrected chi connectivity index (χ4v) is 3.80. The highest BCUT2D eigenvalue weighted by Crippen LogP contribution is 2.32. The molecule has 0 bridgehead atoms. The van der Waals surface area contributed by atoms with Gasteiger partial charge in [0.15, 0.2) is 0 Å². The lowest BCUT2D eigenvalue weighted by molar-refractivity contribution is 0.681. The van der Waals surface area contributed by atoms with Gasteiger partial charge in [-0.1, -0.05) is 48.5 Å². The number of hydrogen-bond acceptors (Lipinski definition) is 5. The van der Waals surface area contributed by atoms with Crippen molar-refractivity contribution in [1.82, 2.24) is 15.0 Å². The van der Waals surface area contributed by atoms with Gasteiger partial charge in [-0.25, -0.2) is 9.97 Å². The summed E-state index contributed by atoms with van der Waals surface area (Å²) >= 11 is 0. The molecule has 0 saturated heterocycles. The molecule has 30 heavy (non-hydrogen) atoms. The van der Waals surface area contributed by atoms with Gasteiger partial charge >= 0.3 is 0 Å². The van der Waals surface area contributed by atoms with Crippen molar-refractivity contribution in [3.8, 4) is 11.1 Å². The Kier molecular flexibility index (Phi) is 5.74. The first-order valence-electron chi connectivity index (χ1n) is 9.61. The molecular formula is C23H23N5OS. The molecule has 0 aliphatic rings. The van der Waals surface area contributed by atoms with Gasteiger partial charge in [0.25, 0.3) is 0 Å². The second kappa shape index (κ2) is 8.61. The minimum absolute atomic E-state index is 0.233. The van der Waals surface area contributed by atoms with E-state index in [1.807, 2.05) is 48.5 Å². The van der Waals surface area contributed by atoms with Crippen molar-refractivity contribution >= 4 is 32.3 Å². The zero-order chi connectivity index (χ0) is 21.0. The number of hydrogen-bond donors (Lipinski definition) is 2. The van der Waals surface area contributed by atoms with Crippen LogP contribution in [-0.4, -0.2) is 30.8 Å². The topological polar surface area (TPSA) is 93.8 Å². The molecule has 2 aromatic heterocycles. The molecule has 0 amide bonds. The number of pyridine rings is 1. The maximum absolute atomic E-state index is 11.8. The average molecular weight is 418 g/mol. The summed E-state index contributed by atoms with van der Waals surface area (Å²) in [4.78, 5) is 13.8. The number of aryl methyl sites for hydroxylation is 1. The van der Waals surface area contributed by atoms with Crippen molar-refractivity contribution < 1.29 is 4.21 Å². The minimum atomic E-state index is -2.61. The Balaban J connectivity index is 1.80. The number of nitrogens with one attached hydrogen (secondary N) is 1. The Morgan fingerprint density at radius 3 is 2.50 bits per heavy atom. The normalized spacial score (nSPS) is 13.1. The maximum atomic E-state index is 11.8. The highest BCUT2D eigenvalue weighted by molar-refractivity contribution is 7.98. The van der Waals surface area contributed by atoms with E-state index < -0.39 is 9.71 Å². The summed E-state index contributed by atoms with van der Waals surface area (Å²) in [7, 11) is -2.61. The number of aromatic nitrogens is 3. The van der Waals surface area contributed by atoms with Crippen molar-refractivity contribution in [3.63, 3.8) is 0 Å².